The molecule has 2 aromatic rings. The minimum absolute atomic E-state index is 0.0703. The summed E-state index contributed by atoms with van der Waals surface area (Å²) in [5, 5.41) is 4.46. The van der Waals surface area contributed by atoms with Crippen molar-refractivity contribution in [3.63, 3.8) is 0 Å². The average molecular weight is 490 g/mol. The number of benzene rings is 1. The second-order valence-corrected chi connectivity index (χ2v) is 11.1. The van der Waals surface area contributed by atoms with Crippen LogP contribution in [-0.4, -0.2) is 85.3 Å². The predicted octanol–water partition coefficient (Wildman–Crippen LogP) is 1.96. The molecule has 0 unspecified atom stereocenters. The lowest BCUT2D eigenvalue weighted by molar-refractivity contribution is -0.132. The summed E-state index contributed by atoms with van der Waals surface area (Å²) in [5.41, 5.74) is 3.46. The summed E-state index contributed by atoms with van der Waals surface area (Å²) in [6.07, 6.45) is 0.288. The Kier molecular flexibility index (Phi) is 7.30. The number of nitrogens with zero attached hydrogens (tertiary/aromatic N) is 5. The largest absolute Gasteiger partial charge is 0.379 e. The minimum atomic E-state index is -3.64. The topological polar surface area (TPSA) is 88.0 Å². The van der Waals surface area contributed by atoms with Crippen LogP contribution >= 0.6 is 0 Å². The molecule has 186 valence electrons. The zero-order valence-electron chi connectivity index (χ0n) is 20.5. The molecule has 1 amide bonds. The Bertz CT molecular complexity index is 1140. The van der Waals surface area contributed by atoms with Gasteiger partial charge in [-0.25, -0.2) is 8.42 Å². The van der Waals surface area contributed by atoms with Gasteiger partial charge >= 0.3 is 0 Å². The van der Waals surface area contributed by atoms with Crippen molar-refractivity contribution in [3.05, 3.63) is 41.2 Å². The normalized spacial score (nSPS) is 20.1. The molecule has 2 fully saturated rings. The lowest BCUT2D eigenvalue weighted by Crippen LogP contribution is -2.53. The van der Waals surface area contributed by atoms with E-state index >= 15 is 0 Å². The van der Waals surface area contributed by atoms with E-state index in [4.69, 9.17) is 4.74 Å². The lowest BCUT2D eigenvalue weighted by Gasteiger charge is -2.41. The molecule has 4 rings (SSSR count). The first-order valence-corrected chi connectivity index (χ1v) is 13.4. The van der Waals surface area contributed by atoms with Crippen molar-refractivity contribution in [3.8, 4) is 0 Å². The van der Waals surface area contributed by atoms with E-state index in [0.29, 0.717) is 57.3 Å². The minimum Gasteiger partial charge on any atom is -0.379 e. The molecular weight excluding hydrogens is 454 g/mol. The zero-order valence-corrected chi connectivity index (χ0v) is 21.3. The number of sulfonamides is 1. The molecule has 0 N–H and O–H groups in total. The molecular formula is C24H35N5O4S. The van der Waals surface area contributed by atoms with E-state index in [-0.39, 0.29) is 23.3 Å². The van der Waals surface area contributed by atoms with Crippen LogP contribution in [0.3, 0.4) is 0 Å². The van der Waals surface area contributed by atoms with Gasteiger partial charge in [-0.15, -0.1) is 0 Å². The quantitative estimate of drug-likeness (QED) is 0.617. The Balaban J connectivity index is 1.39. The smallest absolute Gasteiger partial charge is 0.246 e. The van der Waals surface area contributed by atoms with Crippen LogP contribution in [0.15, 0.2) is 29.2 Å². The van der Waals surface area contributed by atoms with E-state index in [1.807, 2.05) is 4.90 Å². The van der Waals surface area contributed by atoms with Crippen LogP contribution in [0, 0.1) is 20.8 Å². The summed E-state index contributed by atoms with van der Waals surface area (Å²) in [5.74, 6) is 0.0703. The van der Waals surface area contributed by atoms with Crippen molar-refractivity contribution in [1.82, 2.24) is 19.0 Å². The summed E-state index contributed by atoms with van der Waals surface area (Å²) < 4.78 is 34.7. The number of ether oxygens (including phenoxy) is 1. The maximum Gasteiger partial charge on any atom is 0.246 e. The molecule has 1 atom stereocenters. The van der Waals surface area contributed by atoms with E-state index in [1.54, 1.807) is 18.5 Å². The molecule has 1 aromatic heterocycles. The van der Waals surface area contributed by atoms with Crippen LogP contribution < -0.4 is 4.90 Å². The van der Waals surface area contributed by atoms with Crippen molar-refractivity contribution in [2.24, 2.45) is 0 Å². The van der Waals surface area contributed by atoms with Crippen molar-refractivity contribution < 1.29 is 17.9 Å². The third-order valence-corrected chi connectivity index (χ3v) is 8.89. The van der Waals surface area contributed by atoms with Gasteiger partial charge in [0.05, 0.1) is 31.1 Å². The number of amides is 1. The van der Waals surface area contributed by atoms with Crippen molar-refractivity contribution in [1.29, 1.82) is 0 Å². The van der Waals surface area contributed by atoms with Gasteiger partial charge in [0.2, 0.25) is 15.9 Å². The number of piperazine rings is 1. The number of rotatable bonds is 6. The number of hydrogen-bond donors (Lipinski definition) is 0. The highest BCUT2D eigenvalue weighted by Crippen LogP contribution is 2.25. The molecule has 0 saturated carbocycles. The average Bonchev–Trinajstić information content (AvgIpc) is 3.11. The van der Waals surface area contributed by atoms with Crippen LogP contribution in [-0.2, 0) is 26.1 Å². The Morgan fingerprint density at radius 3 is 2.53 bits per heavy atom. The second kappa shape index (κ2) is 10.1. The molecule has 9 nitrogen and oxygen atoms in total. The Labute approximate surface area is 202 Å². The third kappa shape index (κ3) is 4.99. The van der Waals surface area contributed by atoms with Crippen molar-refractivity contribution in [2.45, 2.75) is 51.6 Å². The maximum absolute atomic E-state index is 13.2. The van der Waals surface area contributed by atoms with Gasteiger partial charge in [0.1, 0.15) is 4.90 Å². The third-order valence-electron chi connectivity index (χ3n) is 6.73. The fourth-order valence-electron chi connectivity index (χ4n) is 4.92. The fourth-order valence-corrected chi connectivity index (χ4v) is 6.70. The van der Waals surface area contributed by atoms with Crippen molar-refractivity contribution in [2.75, 3.05) is 50.8 Å². The Morgan fingerprint density at radius 2 is 1.85 bits per heavy atom. The molecule has 0 spiro atoms. The van der Waals surface area contributed by atoms with Gasteiger partial charge < -0.3 is 14.5 Å². The molecule has 2 aliphatic heterocycles. The number of carbonyl (C=O) groups excluding carboxylic acids is 1. The van der Waals surface area contributed by atoms with Gasteiger partial charge in [-0.2, -0.15) is 9.40 Å². The number of morpholine rings is 1. The van der Waals surface area contributed by atoms with E-state index < -0.39 is 10.0 Å². The van der Waals surface area contributed by atoms with Gasteiger partial charge in [-0.1, -0.05) is 12.1 Å². The molecule has 2 aliphatic rings. The molecule has 34 heavy (non-hydrogen) atoms. The van der Waals surface area contributed by atoms with E-state index in [0.717, 1.165) is 6.54 Å². The molecule has 2 saturated heterocycles. The lowest BCUT2D eigenvalue weighted by atomic mass is 10.1. The van der Waals surface area contributed by atoms with Crippen LogP contribution in [0.25, 0.3) is 0 Å². The van der Waals surface area contributed by atoms with Gasteiger partial charge in [0.15, 0.2) is 0 Å². The van der Waals surface area contributed by atoms with Crippen LogP contribution in [0.5, 0.6) is 0 Å². The molecule has 3 heterocycles. The van der Waals surface area contributed by atoms with E-state index in [9.17, 15) is 13.2 Å². The molecule has 0 aliphatic carbocycles. The van der Waals surface area contributed by atoms with Gasteiger partial charge in [0, 0.05) is 50.9 Å². The van der Waals surface area contributed by atoms with Gasteiger partial charge in [-0.05, 0) is 45.4 Å². The number of carbonyl (C=O) groups is 1. The first-order chi connectivity index (χ1) is 16.2. The number of anilines is 1. The predicted molar refractivity (Wildman–Crippen MR) is 130 cm³/mol. The highest BCUT2D eigenvalue weighted by Gasteiger charge is 2.32. The van der Waals surface area contributed by atoms with Crippen LogP contribution in [0.1, 0.15) is 30.3 Å². The SMILES string of the molecule is Cc1cccc(N2CCN(C(=O)CCn3nc(C)c(S(=O)(=O)N4CCOCC4)c3C)C[C@@H]2C)c1. The first kappa shape index (κ1) is 24.7. The van der Waals surface area contributed by atoms with E-state index in [2.05, 4.69) is 48.1 Å². The Morgan fingerprint density at radius 1 is 1.12 bits per heavy atom. The highest BCUT2D eigenvalue weighted by atomic mass is 32.2. The first-order valence-electron chi connectivity index (χ1n) is 11.9. The number of aromatic nitrogens is 2. The standard InChI is InChI=1S/C24H35N5O4S/c1-18-6-5-7-22(16-18)28-11-10-26(17-19(28)2)23(30)8-9-29-21(4)24(20(3)25-29)34(31,32)27-12-14-33-15-13-27/h5-7,16,19H,8-15,17H2,1-4H3/t19-/m0/s1. The molecule has 1 aromatic carbocycles. The molecule has 0 bridgehead atoms. The monoisotopic (exact) mass is 489 g/mol. The highest BCUT2D eigenvalue weighted by molar-refractivity contribution is 7.89. The Hall–Kier alpha value is -2.43. The van der Waals surface area contributed by atoms with Crippen LogP contribution in [0.4, 0.5) is 5.69 Å². The van der Waals surface area contributed by atoms with Crippen LogP contribution in [0.2, 0.25) is 0 Å². The fraction of sp³-hybridized carbons (Fsp3) is 0.583. The molecule has 0 radical (unpaired) electrons. The van der Waals surface area contributed by atoms with Crippen molar-refractivity contribution >= 4 is 21.6 Å². The van der Waals surface area contributed by atoms with E-state index in [1.165, 1.54) is 15.6 Å². The summed E-state index contributed by atoms with van der Waals surface area (Å²) in [6, 6.07) is 8.67. The number of hydrogen-bond acceptors (Lipinski definition) is 6. The second-order valence-electron chi connectivity index (χ2n) is 9.21. The summed E-state index contributed by atoms with van der Waals surface area (Å²) in [7, 11) is -3.64. The summed E-state index contributed by atoms with van der Waals surface area (Å²) >= 11 is 0. The van der Waals surface area contributed by atoms with Gasteiger partial charge in [-0.3, -0.25) is 9.48 Å². The number of aryl methyl sites for hydroxylation is 3. The molecule has 10 heteroatoms. The maximum atomic E-state index is 13.2. The zero-order chi connectivity index (χ0) is 24.5. The van der Waals surface area contributed by atoms with Gasteiger partial charge in [0.25, 0.3) is 0 Å². The summed E-state index contributed by atoms with van der Waals surface area (Å²) in [4.78, 5) is 17.5. The summed E-state index contributed by atoms with van der Waals surface area (Å²) in [6.45, 7) is 11.7.